The van der Waals surface area contributed by atoms with E-state index < -0.39 is 5.60 Å². The summed E-state index contributed by atoms with van der Waals surface area (Å²) in [6.45, 7) is 3.74. The molecule has 0 fully saturated rings. The Morgan fingerprint density at radius 3 is 3.00 bits per heavy atom. The fourth-order valence-corrected chi connectivity index (χ4v) is 3.43. The average Bonchev–Trinajstić information content (AvgIpc) is 3.05. The molecule has 0 bridgehead atoms. The molecule has 1 amide bonds. The maximum atomic E-state index is 12.2. The predicted molar refractivity (Wildman–Crippen MR) is 85.9 cm³/mol. The molecule has 2 N–H and O–H groups in total. The smallest absolute Gasteiger partial charge is 0.271 e. The topological polar surface area (TPSA) is 75.4 Å². The van der Waals surface area contributed by atoms with E-state index in [1.807, 2.05) is 19.2 Å². The van der Waals surface area contributed by atoms with Crippen molar-refractivity contribution in [2.45, 2.75) is 19.4 Å². The van der Waals surface area contributed by atoms with Crippen molar-refractivity contribution >= 4 is 29.0 Å². The van der Waals surface area contributed by atoms with Gasteiger partial charge < -0.3 is 14.8 Å². The molecule has 0 saturated carbocycles. The molecule has 7 heteroatoms. The van der Waals surface area contributed by atoms with E-state index in [1.54, 1.807) is 19.3 Å². The Hall–Kier alpha value is -1.31. The zero-order chi connectivity index (χ0) is 15.5. The fourth-order valence-electron chi connectivity index (χ4n) is 1.83. The fraction of sp³-hybridized carbons (Fsp3) is 0.429. The lowest BCUT2D eigenvalue weighted by molar-refractivity contribution is 0.0722. The van der Waals surface area contributed by atoms with Crippen LogP contribution < -0.4 is 5.32 Å². The highest BCUT2D eigenvalue weighted by atomic mass is 32.2. The van der Waals surface area contributed by atoms with E-state index in [-0.39, 0.29) is 12.5 Å². The maximum Gasteiger partial charge on any atom is 0.271 e. The summed E-state index contributed by atoms with van der Waals surface area (Å²) in [6.07, 6.45) is 3.49. The molecule has 2 aromatic rings. The number of carbonyl (C=O) groups is 1. The Bertz CT molecular complexity index is 606. The summed E-state index contributed by atoms with van der Waals surface area (Å²) in [4.78, 5) is 17.3. The Morgan fingerprint density at radius 2 is 2.38 bits per heavy atom. The Balaban J connectivity index is 2.06. The van der Waals surface area contributed by atoms with Crippen LogP contribution in [0.4, 0.5) is 0 Å². The first-order chi connectivity index (χ1) is 9.93. The lowest BCUT2D eigenvalue weighted by atomic mass is 10.1. The lowest BCUT2D eigenvalue weighted by Gasteiger charge is -2.22. The van der Waals surface area contributed by atoms with E-state index in [9.17, 15) is 9.90 Å². The second-order valence-electron chi connectivity index (χ2n) is 5.01. The molecule has 2 rings (SSSR count). The summed E-state index contributed by atoms with van der Waals surface area (Å²) in [7, 11) is 0. The third-order valence-corrected chi connectivity index (χ3v) is 4.72. The van der Waals surface area contributed by atoms with Gasteiger partial charge in [0.25, 0.3) is 5.91 Å². The van der Waals surface area contributed by atoms with Crippen LogP contribution >= 0.6 is 23.1 Å². The van der Waals surface area contributed by atoms with Crippen molar-refractivity contribution in [3.05, 3.63) is 29.0 Å². The van der Waals surface area contributed by atoms with Gasteiger partial charge in [-0.05, 0) is 32.2 Å². The van der Waals surface area contributed by atoms with Gasteiger partial charge in [-0.1, -0.05) is 0 Å². The number of nitrogens with zero attached hydrogens (tertiary/aromatic N) is 1. The van der Waals surface area contributed by atoms with Gasteiger partial charge in [0.1, 0.15) is 5.69 Å². The van der Waals surface area contributed by atoms with Gasteiger partial charge in [-0.25, -0.2) is 4.98 Å². The Kier molecular flexibility index (Phi) is 5.08. The number of aliphatic hydroxyl groups is 1. The minimum Gasteiger partial charge on any atom is -0.462 e. The highest BCUT2D eigenvalue weighted by molar-refractivity contribution is 7.98. The van der Waals surface area contributed by atoms with Crippen molar-refractivity contribution in [1.29, 1.82) is 0 Å². The molecule has 0 aliphatic rings. The van der Waals surface area contributed by atoms with E-state index in [0.29, 0.717) is 22.2 Å². The third-order valence-electron chi connectivity index (χ3n) is 2.83. The quantitative estimate of drug-likeness (QED) is 0.853. The molecule has 1 unspecified atom stereocenters. The van der Waals surface area contributed by atoms with Gasteiger partial charge in [0, 0.05) is 17.2 Å². The van der Waals surface area contributed by atoms with Crippen LogP contribution in [-0.4, -0.2) is 40.2 Å². The molecule has 0 saturated heterocycles. The number of furan rings is 1. The number of thiazole rings is 1. The second kappa shape index (κ2) is 6.64. The monoisotopic (exact) mass is 326 g/mol. The third kappa shape index (κ3) is 4.09. The minimum absolute atomic E-state index is 0.194. The highest BCUT2D eigenvalue weighted by Crippen LogP contribution is 2.27. The van der Waals surface area contributed by atoms with Gasteiger partial charge in [0.05, 0.1) is 11.9 Å². The largest absolute Gasteiger partial charge is 0.462 e. The van der Waals surface area contributed by atoms with E-state index in [0.717, 1.165) is 4.88 Å². The lowest BCUT2D eigenvalue weighted by Crippen LogP contribution is -2.42. The van der Waals surface area contributed by atoms with Crippen LogP contribution in [0.15, 0.2) is 22.8 Å². The van der Waals surface area contributed by atoms with Crippen molar-refractivity contribution in [1.82, 2.24) is 10.3 Å². The van der Waals surface area contributed by atoms with Gasteiger partial charge in [-0.3, -0.25) is 4.79 Å². The number of hydrogen-bond acceptors (Lipinski definition) is 6. The van der Waals surface area contributed by atoms with E-state index >= 15 is 0 Å². The number of amides is 1. The number of aromatic nitrogens is 1. The number of aryl methyl sites for hydroxylation is 1. The first-order valence-electron chi connectivity index (χ1n) is 6.44. The van der Waals surface area contributed by atoms with Crippen molar-refractivity contribution < 1.29 is 14.3 Å². The van der Waals surface area contributed by atoms with Crippen LogP contribution in [0, 0.1) is 6.92 Å². The normalized spacial score (nSPS) is 13.9. The van der Waals surface area contributed by atoms with Gasteiger partial charge in [-0.2, -0.15) is 11.8 Å². The standard InChI is InChI=1S/C14H18N2O3S2/c1-9-11(12(17)15-7-14(2,18)8-20-3)16-13(21-9)10-5-4-6-19-10/h4-6,18H,7-8H2,1-3H3,(H,15,17). The average molecular weight is 326 g/mol. The zero-order valence-electron chi connectivity index (χ0n) is 12.2. The summed E-state index contributed by atoms with van der Waals surface area (Å²) in [6, 6.07) is 3.59. The summed E-state index contributed by atoms with van der Waals surface area (Å²) in [5.74, 6) is 0.931. The van der Waals surface area contributed by atoms with Gasteiger partial charge in [0.2, 0.25) is 0 Å². The van der Waals surface area contributed by atoms with Crippen molar-refractivity contribution in [2.75, 3.05) is 18.6 Å². The molecule has 0 aromatic carbocycles. The SMILES string of the molecule is CSCC(C)(O)CNC(=O)c1nc(-c2ccco2)sc1C. The van der Waals surface area contributed by atoms with E-state index in [1.165, 1.54) is 23.1 Å². The molecular weight excluding hydrogens is 308 g/mol. The summed E-state index contributed by atoms with van der Waals surface area (Å²) in [5, 5.41) is 13.5. The summed E-state index contributed by atoms with van der Waals surface area (Å²) >= 11 is 2.95. The van der Waals surface area contributed by atoms with Gasteiger partial charge in [-0.15, -0.1) is 11.3 Å². The van der Waals surface area contributed by atoms with Gasteiger partial charge >= 0.3 is 0 Å². The van der Waals surface area contributed by atoms with Crippen LogP contribution in [0.3, 0.4) is 0 Å². The second-order valence-corrected chi connectivity index (χ2v) is 7.08. The minimum atomic E-state index is -0.928. The molecule has 5 nitrogen and oxygen atoms in total. The first kappa shape index (κ1) is 16.1. The summed E-state index contributed by atoms with van der Waals surface area (Å²) < 4.78 is 5.29. The van der Waals surface area contributed by atoms with E-state index in [2.05, 4.69) is 10.3 Å². The molecule has 2 aromatic heterocycles. The summed E-state index contributed by atoms with van der Waals surface area (Å²) in [5.41, 5.74) is -0.547. The highest BCUT2D eigenvalue weighted by Gasteiger charge is 2.23. The molecule has 2 heterocycles. The first-order valence-corrected chi connectivity index (χ1v) is 8.65. The molecule has 0 radical (unpaired) electrons. The number of thioether (sulfide) groups is 1. The maximum absolute atomic E-state index is 12.2. The molecule has 114 valence electrons. The zero-order valence-corrected chi connectivity index (χ0v) is 13.8. The molecular formula is C14H18N2O3S2. The van der Waals surface area contributed by atoms with Crippen LogP contribution in [0.25, 0.3) is 10.8 Å². The van der Waals surface area contributed by atoms with Crippen LogP contribution in [0.5, 0.6) is 0 Å². The molecule has 0 aliphatic carbocycles. The number of carbonyl (C=O) groups excluding carboxylic acids is 1. The van der Waals surface area contributed by atoms with Crippen molar-refractivity contribution in [2.24, 2.45) is 0 Å². The number of hydrogen-bond donors (Lipinski definition) is 2. The van der Waals surface area contributed by atoms with Crippen LogP contribution in [0.1, 0.15) is 22.3 Å². The number of nitrogens with one attached hydrogen (secondary N) is 1. The molecule has 0 aliphatic heterocycles. The van der Waals surface area contributed by atoms with E-state index in [4.69, 9.17) is 4.42 Å². The van der Waals surface area contributed by atoms with Crippen molar-refractivity contribution in [3.8, 4) is 10.8 Å². The predicted octanol–water partition coefficient (Wildman–Crippen LogP) is 2.56. The Labute approximate surface area is 131 Å². The van der Waals surface area contributed by atoms with Gasteiger partial charge in [0.15, 0.2) is 10.8 Å². The van der Waals surface area contributed by atoms with Crippen LogP contribution in [0.2, 0.25) is 0 Å². The molecule has 21 heavy (non-hydrogen) atoms. The molecule has 1 atom stereocenters. The Morgan fingerprint density at radius 1 is 1.62 bits per heavy atom. The molecule has 0 spiro atoms. The van der Waals surface area contributed by atoms with Crippen molar-refractivity contribution in [3.63, 3.8) is 0 Å². The number of rotatable bonds is 6. The van der Waals surface area contributed by atoms with Crippen LogP contribution in [-0.2, 0) is 0 Å².